The first-order valence-corrected chi connectivity index (χ1v) is 8.90. The quantitative estimate of drug-likeness (QED) is 0.677. The maximum atomic E-state index is 13.0. The molecule has 1 unspecified atom stereocenters. The van der Waals surface area contributed by atoms with Gasteiger partial charge in [-0.3, -0.25) is 4.79 Å². The fraction of sp³-hybridized carbons (Fsp3) is 0.174. The molecule has 26 heavy (non-hydrogen) atoms. The van der Waals surface area contributed by atoms with Gasteiger partial charge in [0.05, 0.1) is 0 Å². The fourth-order valence-corrected chi connectivity index (χ4v) is 3.45. The van der Waals surface area contributed by atoms with E-state index in [0.717, 1.165) is 23.4 Å². The van der Waals surface area contributed by atoms with Gasteiger partial charge in [0.2, 0.25) is 0 Å². The summed E-state index contributed by atoms with van der Waals surface area (Å²) >= 11 is 0. The molecule has 3 nitrogen and oxygen atoms in total. The number of nitrogens with zero attached hydrogens (tertiary/aromatic N) is 1. The maximum Gasteiger partial charge on any atom is 0.258 e. The highest BCUT2D eigenvalue weighted by Crippen LogP contribution is 2.33. The van der Waals surface area contributed by atoms with Crippen LogP contribution in [0.15, 0.2) is 78.9 Å². The zero-order valence-electron chi connectivity index (χ0n) is 14.8. The van der Waals surface area contributed by atoms with E-state index < -0.39 is 0 Å². The molecule has 1 amide bonds. The van der Waals surface area contributed by atoms with Crippen LogP contribution in [0.4, 0.5) is 5.69 Å². The van der Waals surface area contributed by atoms with Gasteiger partial charge in [0.15, 0.2) is 0 Å². The van der Waals surface area contributed by atoms with Gasteiger partial charge in [0.1, 0.15) is 12.4 Å². The Hall–Kier alpha value is -3.07. The Kier molecular flexibility index (Phi) is 4.44. The molecular formula is C23H21NO2. The first-order chi connectivity index (χ1) is 12.7. The molecule has 0 bridgehead atoms. The van der Waals surface area contributed by atoms with E-state index in [-0.39, 0.29) is 11.9 Å². The predicted molar refractivity (Wildman–Crippen MR) is 104 cm³/mol. The van der Waals surface area contributed by atoms with Gasteiger partial charge in [-0.2, -0.15) is 0 Å². The van der Waals surface area contributed by atoms with Crippen LogP contribution >= 0.6 is 0 Å². The van der Waals surface area contributed by atoms with Gasteiger partial charge < -0.3 is 9.64 Å². The summed E-state index contributed by atoms with van der Waals surface area (Å²) in [5.74, 6) is 0.803. The number of hydrogen-bond donors (Lipinski definition) is 0. The van der Waals surface area contributed by atoms with E-state index in [1.165, 1.54) is 5.56 Å². The normalized spacial score (nSPS) is 15.6. The molecule has 1 aliphatic rings. The van der Waals surface area contributed by atoms with Crippen molar-refractivity contribution in [3.8, 4) is 5.75 Å². The number of para-hydroxylation sites is 1. The second-order valence-corrected chi connectivity index (χ2v) is 6.66. The largest absolute Gasteiger partial charge is 0.489 e. The molecule has 1 aliphatic heterocycles. The molecule has 130 valence electrons. The van der Waals surface area contributed by atoms with Crippen LogP contribution in [-0.4, -0.2) is 11.9 Å². The third kappa shape index (κ3) is 3.21. The Morgan fingerprint density at radius 2 is 1.65 bits per heavy atom. The number of benzene rings is 3. The Balaban J connectivity index is 1.47. The standard InChI is InChI=1S/C23H21NO2/c1-17-15-20-9-5-6-10-22(20)24(17)23(25)19-11-13-21(14-12-19)26-16-18-7-3-2-4-8-18/h2-14,17H,15-16H2,1H3. The summed E-state index contributed by atoms with van der Waals surface area (Å²) in [7, 11) is 0. The first kappa shape index (κ1) is 16.4. The van der Waals surface area contributed by atoms with Gasteiger partial charge in [-0.1, -0.05) is 48.5 Å². The Labute approximate surface area is 153 Å². The summed E-state index contributed by atoms with van der Waals surface area (Å²) in [6.45, 7) is 2.61. The summed E-state index contributed by atoms with van der Waals surface area (Å²) in [4.78, 5) is 14.9. The Morgan fingerprint density at radius 1 is 0.962 bits per heavy atom. The third-order valence-corrected chi connectivity index (χ3v) is 4.78. The van der Waals surface area contributed by atoms with Crippen LogP contribution in [0.3, 0.4) is 0 Å². The lowest BCUT2D eigenvalue weighted by molar-refractivity contribution is 0.0981. The zero-order valence-corrected chi connectivity index (χ0v) is 14.8. The highest BCUT2D eigenvalue weighted by Gasteiger charge is 2.31. The molecule has 3 heteroatoms. The lowest BCUT2D eigenvalue weighted by atomic mass is 10.1. The molecular weight excluding hydrogens is 322 g/mol. The number of anilines is 1. The zero-order chi connectivity index (χ0) is 17.9. The van der Waals surface area contributed by atoms with E-state index in [1.54, 1.807) is 0 Å². The highest BCUT2D eigenvalue weighted by molar-refractivity contribution is 6.07. The van der Waals surface area contributed by atoms with Crippen molar-refractivity contribution in [1.82, 2.24) is 0 Å². The summed E-state index contributed by atoms with van der Waals surface area (Å²) < 4.78 is 5.80. The summed E-state index contributed by atoms with van der Waals surface area (Å²) in [6, 6.07) is 25.8. The predicted octanol–water partition coefficient (Wildman–Crippen LogP) is 4.86. The summed E-state index contributed by atoms with van der Waals surface area (Å²) in [5.41, 5.74) is 4.06. The van der Waals surface area contributed by atoms with Gasteiger partial charge in [0.25, 0.3) is 5.91 Å². The van der Waals surface area contributed by atoms with Crippen molar-refractivity contribution in [3.05, 3.63) is 95.6 Å². The van der Waals surface area contributed by atoms with Gasteiger partial charge in [-0.05, 0) is 54.8 Å². The van der Waals surface area contributed by atoms with Crippen LogP contribution in [-0.2, 0) is 13.0 Å². The second-order valence-electron chi connectivity index (χ2n) is 6.66. The van der Waals surface area contributed by atoms with Crippen molar-refractivity contribution in [2.75, 3.05) is 4.90 Å². The molecule has 4 rings (SSSR count). The van der Waals surface area contributed by atoms with E-state index >= 15 is 0 Å². The second kappa shape index (κ2) is 7.04. The number of rotatable bonds is 4. The van der Waals surface area contributed by atoms with Crippen molar-refractivity contribution >= 4 is 11.6 Å². The molecule has 1 atom stereocenters. The van der Waals surface area contributed by atoms with E-state index in [9.17, 15) is 4.79 Å². The molecule has 0 spiro atoms. The van der Waals surface area contributed by atoms with E-state index in [0.29, 0.717) is 12.2 Å². The topological polar surface area (TPSA) is 29.5 Å². The smallest absolute Gasteiger partial charge is 0.258 e. The monoisotopic (exact) mass is 343 g/mol. The lowest BCUT2D eigenvalue weighted by Gasteiger charge is -2.23. The number of ether oxygens (including phenoxy) is 1. The molecule has 0 saturated heterocycles. The van der Waals surface area contributed by atoms with E-state index in [2.05, 4.69) is 13.0 Å². The summed E-state index contributed by atoms with van der Waals surface area (Å²) in [5, 5.41) is 0. The van der Waals surface area contributed by atoms with E-state index in [4.69, 9.17) is 4.74 Å². The van der Waals surface area contributed by atoms with Gasteiger partial charge in [0, 0.05) is 17.3 Å². The van der Waals surface area contributed by atoms with Crippen LogP contribution in [0, 0.1) is 0 Å². The molecule has 0 saturated carbocycles. The number of amides is 1. The maximum absolute atomic E-state index is 13.0. The van der Waals surface area contributed by atoms with Crippen molar-refractivity contribution in [2.45, 2.75) is 26.0 Å². The molecule has 0 aromatic heterocycles. The Morgan fingerprint density at radius 3 is 2.42 bits per heavy atom. The SMILES string of the molecule is CC1Cc2ccccc2N1C(=O)c1ccc(OCc2ccccc2)cc1. The minimum Gasteiger partial charge on any atom is -0.489 e. The van der Waals surface area contributed by atoms with Crippen molar-refractivity contribution < 1.29 is 9.53 Å². The van der Waals surface area contributed by atoms with Gasteiger partial charge in [-0.25, -0.2) is 0 Å². The van der Waals surface area contributed by atoms with Gasteiger partial charge in [-0.15, -0.1) is 0 Å². The molecule has 0 N–H and O–H groups in total. The minimum absolute atomic E-state index is 0.0389. The molecule has 1 heterocycles. The Bertz CT molecular complexity index is 903. The number of fused-ring (bicyclic) bond motifs is 1. The van der Waals surface area contributed by atoms with Crippen LogP contribution in [0.25, 0.3) is 0 Å². The molecule has 0 aliphatic carbocycles. The average Bonchev–Trinajstić information content (AvgIpc) is 3.03. The van der Waals surface area contributed by atoms with Crippen LogP contribution in [0.1, 0.15) is 28.4 Å². The van der Waals surface area contributed by atoms with E-state index in [1.807, 2.05) is 77.7 Å². The van der Waals surface area contributed by atoms with Gasteiger partial charge >= 0.3 is 0 Å². The van der Waals surface area contributed by atoms with Crippen molar-refractivity contribution in [2.24, 2.45) is 0 Å². The minimum atomic E-state index is 0.0389. The highest BCUT2D eigenvalue weighted by atomic mass is 16.5. The first-order valence-electron chi connectivity index (χ1n) is 8.90. The number of carbonyl (C=O) groups excluding carboxylic acids is 1. The van der Waals surface area contributed by atoms with Crippen molar-refractivity contribution in [1.29, 1.82) is 0 Å². The summed E-state index contributed by atoms with van der Waals surface area (Å²) in [6.07, 6.45) is 0.903. The molecule has 3 aromatic carbocycles. The fourth-order valence-electron chi connectivity index (χ4n) is 3.45. The molecule has 0 fully saturated rings. The van der Waals surface area contributed by atoms with Crippen LogP contribution in [0.5, 0.6) is 5.75 Å². The van der Waals surface area contributed by atoms with Crippen LogP contribution in [0.2, 0.25) is 0 Å². The molecule has 0 radical (unpaired) electrons. The lowest BCUT2D eigenvalue weighted by Crippen LogP contribution is -2.35. The van der Waals surface area contributed by atoms with Crippen molar-refractivity contribution in [3.63, 3.8) is 0 Å². The number of carbonyl (C=O) groups is 1. The molecule has 3 aromatic rings. The number of hydrogen-bond acceptors (Lipinski definition) is 2. The third-order valence-electron chi connectivity index (χ3n) is 4.78. The average molecular weight is 343 g/mol. The van der Waals surface area contributed by atoms with Crippen LogP contribution < -0.4 is 9.64 Å².